The lowest BCUT2D eigenvalue weighted by Gasteiger charge is -2.27. The van der Waals surface area contributed by atoms with Crippen LogP contribution >= 0.6 is 0 Å². The quantitative estimate of drug-likeness (QED) is 0.616. The van der Waals surface area contributed by atoms with Gasteiger partial charge in [0, 0.05) is 49.3 Å². The number of aliphatic hydroxyl groups is 1. The number of aromatic nitrogens is 1. The van der Waals surface area contributed by atoms with E-state index >= 15 is 0 Å². The molecule has 1 amide bonds. The van der Waals surface area contributed by atoms with Crippen molar-refractivity contribution in [3.05, 3.63) is 58.3 Å². The van der Waals surface area contributed by atoms with E-state index in [-0.39, 0.29) is 41.8 Å². The van der Waals surface area contributed by atoms with Gasteiger partial charge in [-0.15, -0.1) is 0 Å². The van der Waals surface area contributed by atoms with Gasteiger partial charge >= 0.3 is 0 Å². The van der Waals surface area contributed by atoms with Gasteiger partial charge in [0.1, 0.15) is 5.82 Å². The van der Waals surface area contributed by atoms with Crippen LogP contribution in [0.5, 0.6) is 0 Å². The number of hydrogen-bond acceptors (Lipinski definition) is 5. The minimum Gasteiger partial charge on any atom is -0.396 e. The van der Waals surface area contributed by atoms with Gasteiger partial charge in [-0.1, -0.05) is 18.6 Å². The lowest BCUT2D eigenvalue weighted by molar-refractivity contribution is -0.124. The molecule has 3 N–H and O–H groups in total. The zero-order chi connectivity index (χ0) is 22.9. The molecule has 3 aliphatic heterocycles. The van der Waals surface area contributed by atoms with Crippen LogP contribution in [0.15, 0.2) is 41.2 Å². The highest BCUT2D eigenvalue weighted by atomic mass is 19.1. The van der Waals surface area contributed by atoms with Gasteiger partial charge in [0.2, 0.25) is 5.91 Å². The normalized spacial score (nSPS) is 26.7. The first-order chi connectivity index (χ1) is 16.1. The molecule has 0 aliphatic carbocycles. The van der Waals surface area contributed by atoms with Crippen molar-refractivity contribution in [1.82, 2.24) is 20.1 Å². The van der Waals surface area contributed by atoms with Crippen molar-refractivity contribution in [2.75, 3.05) is 32.8 Å². The van der Waals surface area contributed by atoms with Gasteiger partial charge in [0.15, 0.2) is 0 Å². The summed E-state index contributed by atoms with van der Waals surface area (Å²) in [5.74, 6) is -0.732. The van der Waals surface area contributed by atoms with Crippen LogP contribution in [0.4, 0.5) is 4.39 Å². The Bertz CT molecular complexity index is 1060. The number of benzene rings is 1. The predicted octanol–water partition coefficient (Wildman–Crippen LogP) is 1.51. The zero-order valence-corrected chi connectivity index (χ0v) is 18.7. The number of carbonyl (C=O) groups excluding carboxylic acids is 1. The minimum atomic E-state index is -0.480. The number of halogens is 1. The number of aliphatic hydroxyl groups excluding tert-OH is 1. The fourth-order valence-corrected chi connectivity index (χ4v) is 5.73. The summed E-state index contributed by atoms with van der Waals surface area (Å²) in [5, 5.41) is 16.6. The molecule has 33 heavy (non-hydrogen) atoms. The average molecular weight is 455 g/mol. The molecular weight excluding hydrogens is 423 g/mol. The molecule has 176 valence electrons. The van der Waals surface area contributed by atoms with E-state index in [4.69, 9.17) is 0 Å². The van der Waals surface area contributed by atoms with Crippen molar-refractivity contribution in [2.45, 2.75) is 37.9 Å². The zero-order valence-electron chi connectivity index (χ0n) is 18.7. The molecule has 2 saturated heterocycles. The van der Waals surface area contributed by atoms with Crippen molar-refractivity contribution >= 4 is 5.91 Å². The molecule has 2 fully saturated rings. The van der Waals surface area contributed by atoms with Crippen molar-refractivity contribution in [1.29, 1.82) is 0 Å². The minimum absolute atomic E-state index is 0.0380. The second-order valence-corrected chi connectivity index (χ2v) is 9.42. The summed E-state index contributed by atoms with van der Waals surface area (Å²) in [6.45, 7) is 3.95. The van der Waals surface area contributed by atoms with Crippen LogP contribution in [-0.2, 0) is 11.3 Å². The number of carbonyl (C=O) groups is 1. The molecule has 4 atom stereocenters. The van der Waals surface area contributed by atoms with Gasteiger partial charge in [0.25, 0.3) is 5.56 Å². The van der Waals surface area contributed by atoms with E-state index in [0.717, 1.165) is 25.3 Å². The van der Waals surface area contributed by atoms with Crippen LogP contribution in [-0.4, -0.2) is 59.3 Å². The maximum Gasteiger partial charge on any atom is 0.258 e. The Balaban J connectivity index is 1.29. The highest BCUT2D eigenvalue weighted by Gasteiger charge is 2.50. The van der Waals surface area contributed by atoms with Gasteiger partial charge in [-0.25, -0.2) is 4.39 Å². The van der Waals surface area contributed by atoms with E-state index in [1.807, 2.05) is 6.07 Å². The molecule has 7 nitrogen and oxygen atoms in total. The third-order valence-electron chi connectivity index (χ3n) is 7.51. The first kappa shape index (κ1) is 22.3. The second kappa shape index (κ2) is 9.37. The van der Waals surface area contributed by atoms with Crippen LogP contribution in [0.2, 0.25) is 0 Å². The highest BCUT2D eigenvalue weighted by Crippen LogP contribution is 2.42. The SMILES string of the molecule is O=C(NCCN1CCCCC1)[C@@H]1N[C@@H]2c3ccc(-c4ccc(F)cc4)c(=O)n3C[C@@H]2[C@H]1CO. The molecule has 0 bridgehead atoms. The van der Waals surface area contributed by atoms with Gasteiger partial charge in [-0.05, 0) is 55.8 Å². The summed E-state index contributed by atoms with van der Waals surface area (Å²) < 4.78 is 15.0. The van der Waals surface area contributed by atoms with Crippen LogP contribution in [0, 0.1) is 17.7 Å². The summed E-state index contributed by atoms with van der Waals surface area (Å²) in [4.78, 5) is 28.5. The Morgan fingerprint density at radius 1 is 1.12 bits per heavy atom. The summed E-state index contributed by atoms with van der Waals surface area (Å²) in [6, 6.07) is 8.94. The van der Waals surface area contributed by atoms with E-state index in [1.165, 1.54) is 31.4 Å². The molecule has 4 heterocycles. The number of rotatable bonds is 6. The number of nitrogens with one attached hydrogen (secondary N) is 2. The number of fused-ring (bicyclic) bond motifs is 3. The van der Waals surface area contributed by atoms with E-state index in [9.17, 15) is 19.1 Å². The summed E-state index contributed by atoms with van der Waals surface area (Å²) in [6.07, 6.45) is 3.72. The van der Waals surface area contributed by atoms with Crippen LogP contribution in [0.3, 0.4) is 0 Å². The third-order valence-corrected chi connectivity index (χ3v) is 7.51. The standard InChI is InChI=1S/C25H31FN4O3/c26-17-6-4-16(5-7-17)18-8-9-21-22-19(14-30(21)25(18)33)20(15-31)23(28-22)24(32)27-10-13-29-11-2-1-3-12-29/h4-9,19-20,22-23,28,31H,1-3,10-15H2,(H,27,32)/t19-,20-,22+,23-/m1/s1. The largest absolute Gasteiger partial charge is 0.396 e. The molecule has 5 rings (SSSR count). The first-order valence-corrected chi connectivity index (χ1v) is 11.9. The molecule has 0 spiro atoms. The Kier molecular flexibility index (Phi) is 6.32. The number of pyridine rings is 1. The summed E-state index contributed by atoms with van der Waals surface area (Å²) in [7, 11) is 0. The molecule has 3 aliphatic rings. The van der Waals surface area contributed by atoms with Crippen molar-refractivity contribution in [3.8, 4) is 11.1 Å². The molecule has 1 aromatic carbocycles. The van der Waals surface area contributed by atoms with E-state index in [2.05, 4.69) is 15.5 Å². The first-order valence-electron chi connectivity index (χ1n) is 11.9. The Morgan fingerprint density at radius 2 is 1.88 bits per heavy atom. The van der Waals surface area contributed by atoms with Gasteiger partial charge in [-0.2, -0.15) is 0 Å². The summed E-state index contributed by atoms with van der Waals surface area (Å²) >= 11 is 0. The highest BCUT2D eigenvalue weighted by molar-refractivity contribution is 5.82. The van der Waals surface area contributed by atoms with E-state index in [0.29, 0.717) is 24.2 Å². The number of hydrogen-bond donors (Lipinski definition) is 3. The van der Waals surface area contributed by atoms with Gasteiger partial charge in [-0.3, -0.25) is 14.9 Å². The van der Waals surface area contributed by atoms with E-state index < -0.39 is 6.04 Å². The second-order valence-electron chi connectivity index (χ2n) is 9.42. The lowest BCUT2D eigenvalue weighted by Crippen LogP contribution is -2.48. The van der Waals surface area contributed by atoms with Crippen LogP contribution in [0.25, 0.3) is 11.1 Å². The van der Waals surface area contributed by atoms with Crippen LogP contribution in [0.1, 0.15) is 31.0 Å². The lowest BCUT2D eigenvalue weighted by atomic mass is 9.88. The fraction of sp³-hybridized carbons (Fsp3) is 0.520. The van der Waals surface area contributed by atoms with Crippen LogP contribution < -0.4 is 16.2 Å². The maximum atomic E-state index is 13.3. The topological polar surface area (TPSA) is 86.6 Å². The van der Waals surface area contributed by atoms with Gasteiger partial charge < -0.3 is 19.9 Å². The number of nitrogens with zero attached hydrogens (tertiary/aromatic N) is 2. The summed E-state index contributed by atoms with van der Waals surface area (Å²) in [5.41, 5.74) is 1.89. The fourth-order valence-electron chi connectivity index (χ4n) is 5.73. The third kappa shape index (κ3) is 4.23. The monoisotopic (exact) mass is 454 g/mol. The van der Waals surface area contributed by atoms with Crippen molar-refractivity contribution in [3.63, 3.8) is 0 Å². The molecule has 0 radical (unpaired) electrons. The number of likely N-dealkylation sites (tertiary alicyclic amines) is 1. The predicted molar refractivity (Wildman–Crippen MR) is 123 cm³/mol. The average Bonchev–Trinajstić information content (AvgIpc) is 3.37. The molecule has 2 aromatic rings. The Hall–Kier alpha value is -2.55. The maximum absolute atomic E-state index is 13.3. The number of piperidine rings is 1. The van der Waals surface area contributed by atoms with Gasteiger partial charge in [0.05, 0.1) is 12.1 Å². The Labute approximate surface area is 192 Å². The smallest absolute Gasteiger partial charge is 0.258 e. The van der Waals surface area contributed by atoms with Crippen molar-refractivity contribution < 1.29 is 14.3 Å². The molecule has 0 unspecified atom stereocenters. The molecule has 1 aromatic heterocycles. The molecular formula is C25H31FN4O3. The molecule has 0 saturated carbocycles. The van der Waals surface area contributed by atoms with Crippen molar-refractivity contribution in [2.24, 2.45) is 11.8 Å². The Morgan fingerprint density at radius 3 is 2.61 bits per heavy atom. The molecule has 8 heteroatoms. The number of amides is 1. The van der Waals surface area contributed by atoms with E-state index in [1.54, 1.807) is 22.8 Å².